The van der Waals surface area contributed by atoms with E-state index in [4.69, 9.17) is 15.6 Å². The molecule has 1 aromatic rings. The Morgan fingerprint density at radius 2 is 2.50 bits per heavy atom. The van der Waals surface area contributed by atoms with Crippen molar-refractivity contribution in [1.29, 1.82) is 0 Å². The second-order valence-corrected chi connectivity index (χ2v) is 2.62. The lowest BCUT2D eigenvalue weighted by Gasteiger charge is -2.04. The third-order valence-corrected chi connectivity index (χ3v) is 1.56. The highest BCUT2D eigenvalue weighted by molar-refractivity contribution is 5.74. The van der Waals surface area contributed by atoms with E-state index < -0.39 is 5.91 Å². The molecule has 0 atom stereocenters. The van der Waals surface area contributed by atoms with Crippen molar-refractivity contribution in [3.8, 4) is 0 Å². The number of ether oxygens (including phenoxy) is 1. The van der Waals surface area contributed by atoms with Gasteiger partial charge in [-0.1, -0.05) is 0 Å². The second kappa shape index (κ2) is 5.30. The van der Waals surface area contributed by atoms with Gasteiger partial charge in [-0.15, -0.1) is 10.2 Å². The molecule has 0 aliphatic rings. The number of hydrogen-bond acceptors (Lipinski definition) is 5. The lowest BCUT2D eigenvalue weighted by Crippen LogP contribution is -2.20. The van der Waals surface area contributed by atoms with Crippen LogP contribution in [-0.4, -0.2) is 39.0 Å². The number of aromatic nitrogens is 3. The normalized spacial score (nSPS) is 10.4. The highest BCUT2D eigenvalue weighted by atomic mass is 16.5. The Balaban J connectivity index is 2.27. The second-order valence-electron chi connectivity index (χ2n) is 2.62. The van der Waals surface area contributed by atoms with Crippen LogP contribution >= 0.6 is 0 Å². The molecule has 3 N–H and O–H groups in total. The van der Waals surface area contributed by atoms with E-state index in [1.54, 1.807) is 4.57 Å². The first-order chi connectivity index (χ1) is 6.74. The number of nitrogens with two attached hydrogens (primary N) is 1. The van der Waals surface area contributed by atoms with Crippen molar-refractivity contribution in [3.05, 3.63) is 12.2 Å². The van der Waals surface area contributed by atoms with E-state index in [9.17, 15) is 4.79 Å². The zero-order chi connectivity index (χ0) is 10.4. The predicted molar refractivity (Wildman–Crippen MR) is 46.0 cm³/mol. The molecule has 7 nitrogen and oxygen atoms in total. The van der Waals surface area contributed by atoms with Crippen LogP contribution in [0.4, 0.5) is 0 Å². The number of aliphatic hydroxyl groups excluding tert-OH is 1. The minimum Gasteiger partial charge on any atom is -0.388 e. The molecule has 0 aliphatic carbocycles. The van der Waals surface area contributed by atoms with Gasteiger partial charge in [0.1, 0.15) is 19.5 Å². The van der Waals surface area contributed by atoms with E-state index in [1.165, 1.54) is 6.33 Å². The van der Waals surface area contributed by atoms with Crippen molar-refractivity contribution < 1.29 is 14.6 Å². The Morgan fingerprint density at radius 3 is 3.14 bits per heavy atom. The predicted octanol–water partition coefficient (Wildman–Crippen LogP) is -1.73. The molecule has 0 spiro atoms. The standard InChI is InChI=1S/C7H12N4O3/c8-6(13)4-14-2-1-11-5-9-10-7(11)3-12/h5,12H,1-4H2,(H2,8,13). The van der Waals surface area contributed by atoms with E-state index >= 15 is 0 Å². The quantitative estimate of drug-likeness (QED) is 0.531. The molecule has 1 amide bonds. The molecule has 0 aliphatic heterocycles. The van der Waals surface area contributed by atoms with Crippen LogP contribution in [0.1, 0.15) is 5.82 Å². The first kappa shape index (κ1) is 10.6. The topological polar surface area (TPSA) is 103 Å². The summed E-state index contributed by atoms with van der Waals surface area (Å²) in [6, 6.07) is 0. The molecular formula is C7H12N4O3. The lowest BCUT2D eigenvalue weighted by atomic mass is 10.6. The van der Waals surface area contributed by atoms with Gasteiger partial charge in [-0.25, -0.2) is 0 Å². The fourth-order valence-corrected chi connectivity index (χ4v) is 0.924. The summed E-state index contributed by atoms with van der Waals surface area (Å²) in [7, 11) is 0. The van der Waals surface area contributed by atoms with Crippen molar-refractivity contribution in [3.63, 3.8) is 0 Å². The molecule has 0 fully saturated rings. The van der Waals surface area contributed by atoms with Crippen molar-refractivity contribution in [2.24, 2.45) is 5.73 Å². The van der Waals surface area contributed by atoms with Gasteiger partial charge in [0.05, 0.1) is 6.61 Å². The van der Waals surface area contributed by atoms with E-state index in [0.717, 1.165) is 0 Å². The summed E-state index contributed by atoms with van der Waals surface area (Å²) in [5.41, 5.74) is 4.87. The summed E-state index contributed by atoms with van der Waals surface area (Å²) in [5.74, 6) is -0.0381. The van der Waals surface area contributed by atoms with Crippen LogP contribution in [0.15, 0.2) is 6.33 Å². The maximum atomic E-state index is 10.3. The molecule has 1 heterocycles. The van der Waals surface area contributed by atoms with E-state index in [2.05, 4.69) is 10.2 Å². The van der Waals surface area contributed by atoms with Crippen LogP contribution in [0, 0.1) is 0 Å². The first-order valence-electron chi connectivity index (χ1n) is 4.07. The van der Waals surface area contributed by atoms with Gasteiger partial charge < -0.3 is 20.1 Å². The van der Waals surface area contributed by atoms with Gasteiger partial charge >= 0.3 is 0 Å². The molecular weight excluding hydrogens is 188 g/mol. The van der Waals surface area contributed by atoms with Gasteiger partial charge in [0.2, 0.25) is 5.91 Å². The van der Waals surface area contributed by atoms with Crippen LogP contribution in [0.25, 0.3) is 0 Å². The molecule has 0 bridgehead atoms. The lowest BCUT2D eigenvalue weighted by molar-refractivity contribution is -0.122. The number of hydrogen-bond donors (Lipinski definition) is 2. The fraction of sp³-hybridized carbons (Fsp3) is 0.571. The van der Waals surface area contributed by atoms with Crippen molar-refractivity contribution in [2.45, 2.75) is 13.2 Å². The molecule has 1 rings (SSSR count). The number of carbonyl (C=O) groups excluding carboxylic acids is 1. The maximum Gasteiger partial charge on any atom is 0.243 e. The van der Waals surface area contributed by atoms with Gasteiger partial charge in [-0.3, -0.25) is 4.79 Å². The van der Waals surface area contributed by atoms with Gasteiger partial charge in [0.15, 0.2) is 5.82 Å². The number of carbonyl (C=O) groups is 1. The molecule has 0 saturated heterocycles. The average molecular weight is 200 g/mol. The van der Waals surface area contributed by atoms with Crippen molar-refractivity contribution >= 4 is 5.91 Å². The smallest absolute Gasteiger partial charge is 0.243 e. The zero-order valence-electron chi connectivity index (χ0n) is 7.59. The monoisotopic (exact) mass is 200 g/mol. The Kier molecular flexibility index (Phi) is 4.02. The van der Waals surface area contributed by atoms with Crippen LogP contribution in [0.3, 0.4) is 0 Å². The zero-order valence-corrected chi connectivity index (χ0v) is 7.59. The average Bonchev–Trinajstić information content (AvgIpc) is 2.59. The molecule has 0 aromatic carbocycles. The number of nitrogens with zero attached hydrogens (tertiary/aromatic N) is 3. The molecule has 0 radical (unpaired) electrons. The van der Waals surface area contributed by atoms with Crippen LogP contribution in [-0.2, 0) is 22.7 Å². The number of rotatable bonds is 6. The molecule has 7 heteroatoms. The molecule has 1 aromatic heterocycles. The van der Waals surface area contributed by atoms with Gasteiger partial charge in [0.25, 0.3) is 0 Å². The maximum absolute atomic E-state index is 10.3. The number of amides is 1. The van der Waals surface area contributed by atoms with E-state index in [-0.39, 0.29) is 13.2 Å². The van der Waals surface area contributed by atoms with Crippen molar-refractivity contribution in [2.75, 3.05) is 13.2 Å². The third-order valence-electron chi connectivity index (χ3n) is 1.56. The summed E-state index contributed by atoms with van der Waals surface area (Å²) >= 11 is 0. The van der Waals surface area contributed by atoms with E-state index in [1.807, 2.05) is 0 Å². The van der Waals surface area contributed by atoms with Crippen LogP contribution in [0.2, 0.25) is 0 Å². The highest BCUT2D eigenvalue weighted by Crippen LogP contribution is 1.94. The van der Waals surface area contributed by atoms with Gasteiger partial charge in [-0.05, 0) is 0 Å². The molecule has 0 unspecified atom stereocenters. The van der Waals surface area contributed by atoms with Gasteiger partial charge in [-0.2, -0.15) is 0 Å². The minimum absolute atomic E-state index is 0.101. The Morgan fingerprint density at radius 1 is 1.71 bits per heavy atom. The van der Waals surface area contributed by atoms with E-state index in [0.29, 0.717) is 19.0 Å². The minimum atomic E-state index is -0.504. The highest BCUT2D eigenvalue weighted by Gasteiger charge is 2.01. The molecule has 14 heavy (non-hydrogen) atoms. The fourth-order valence-electron chi connectivity index (χ4n) is 0.924. The third kappa shape index (κ3) is 3.11. The van der Waals surface area contributed by atoms with Crippen molar-refractivity contribution in [1.82, 2.24) is 14.8 Å². The van der Waals surface area contributed by atoms with Crippen LogP contribution in [0.5, 0.6) is 0 Å². The van der Waals surface area contributed by atoms with Gasteiger partial charge in [0, 0.05) is 6.54 Å². The summed E-state index contributed by atoms with van der Waals surface area (Å²) in [6.45, 7) is 0.538. The summed E-state index contributed by atoms with van der Waals surface area (Å²) < 4.78 is 6.58. The molecule has 78 valence electrons. The Hall–Kier alpha value is -1.47. The Labute approximate surface area is 80.5 Å². The Bertz CT molecular complexity index is 299. The summed E-state index contributed by atoms with van der Waals surface area (Å²) in [6.07, 6.45) is 1.49. The molecule has 0 saturated carbocycles. The summed E-state index contributed by atoms with van der Waals surface area (Å²) in [5, 5.41) is 16.1. The first-order valence-corrected chi connectivity index (χ1v) is 4.07. The summed E-state index contributed by atoms with van der Waals surface area (Å²) in [4.78, 5) is 10.3. The largest absolute Gasteiger partial charge is 0.388 e. The SMILES string of the molecule is NC(=O)COCCn1cnnc1CO. The number of aliphatic hydroxyl groups is 1. The number of primary amides is 1. The van der Waals surface area contributed by atoms with Crippen LogP contribution < -0.4 is 5.73 Å².